The molecule has 0 radical (unpaired) electrons. The van der Waals surface area contributed by atoms with Gasteiger partial charge in [-0.15, -0.1) is 0 Å². The number of nitrogens with one attached hydrogen (secondary N) is 1. The summed E-state index contributed by atoms with van der Waals surface area (Å²) in [5.41, 5.74) is 3.90. The lowest BCUT2D eigenvalue weighted by atomic mass is 10.00. The normalized spacial score (nSPS) is 19.1. The van der Waals surface area contributed by atoms with Crippen LogP contribution in [0.5, 0.6) is 0 Å². The Kier molecular flexibility index (Phi) is 4.63. The van der Waals surface area contributed by atoms with E-state index >= 15 is 0 Å². The third-order valence-corrected chi connectivity index (χ3v) is 5.05. The maximum Gasteiger partial charge on any atom is 0.132 e. The summed E-state index contributed by atoms with van der Waals surface area (Å²) in [6, 6.07) is 7.25. The summed E-state index contributed by atoms with van der Waals surface area (Å²) in [5.74, 6) is 0.349. The monoisotopic (exact) mass is 298 g/mol. The van der Waals surface area contributed by atoms with Gasteiger partial charge >= 0.3 is 0 Å². The predicted molar refractivity (Wildman–Crippen MR) is 91.3 cm³/mol. The second-order valence-electron chi connectivity index (χ2n) is 6.57. The first-order valence-electron chi connectivity index (χ1n) is 8.48. The molecule has 1 saturated heterocycles. The van der Waals surface area contributed by atoms with E-state index < -0.39 is 0 Å². The Labute approximate surface area is 132 Å². The van der Waals surface area contributed by atoms with Gasteiger partial charge in [-0.25, -0.2) is 0 Å². The molecule has 0 unspecified atom stereocenters. The molecule has 0 aliphatic carbocycles. The summed E-state index contributed by atoms with van der Waals surface area (Å²) < 4.78 is 0. The number of carbonyl (C=O) groups excluding carboxylic acids is 1. The summed E-state index contributed by atoms with van der Waals surface area (Å²) >= 11 is 0. The van der Waals surface area contributed by atoms with Crippen LogP contribution in [0.2, 0.25) is 0 Å². The number of ketones is 1. The number of Topliss-reactive ketones (excluding diaryl/α,β-unsaturated/α-hetero) is 1. The lowest BCUT2D eigenvalue weighted by molar-refractivity contribution is -0.118. The maximum atomic E-state index is 11.5. The first-order chi connectivity index (χ1) is 10.7. The highest BCUT2D eigenvalue weighted by atomic mass is 16.1. The van der Waals surface area contributed by atoms with Gasteiger partial charge in [0.1, 0.15) is 5.78 Å². The third kappa shape index (κ3) is 3.25. The summed E-state index contributed by atoms with van der Waals surface area (Å²) in [6.07, 6.45) is 8.06. The van der Waals surface area contributed by atoms with Gasteiger partial charge in [0.25, 0.3) is 0 Å². The van der Waals surface area contributed by atoms with E-state index in [4.69, 9.17) is 0 Å². The van der Waals surface area contributed by atoms with Crippen LogP contribution in [0, 0.1) is 0 Å². The van der Waals surface area contributed by atoms with Gasteiger partial charge < -0.3 is 9.88 Å². The molecule has 22 heavy (non-hydrogen) atoms. The summed E-state index contributed by atoms with van der Waals surface area (Å²) in [7, 11) is 2.23. The maximum absolute atomic E-state index is 11.5. The van der Waals surface area contributed by atoms with Gasteiger partial charge in [-0.3, -0.25) is 4.79 Å². The molecule has 0 bridgehead atoms. The molecule has 3 rings (SSSR count). The van der Waals surface area contributed by atoms with Crippen LogP contribution in [-0.4, -0.2) is 35.3 Å². The van der Waals surface area contributed by atoms with Crippen molar-refractivity contribution in [2.75, 3.05) is 13.6 Å². The molecule has 118 valence electrons. The Hall–Kier alpha value is -1.61. The van der Waals surface area contributed by atoms with Crippen molar-refractivity contribution in [1.29, 1.82) is 0 Å². The summed E-state index contributed by atoms with van der Waals surface area (Å²) in [4.78, 5) is 17.4. The largest absolute Gasteiger partial charge is 0.361 e. The van der Waals surface area contributed by atoms with Crippen molar-refractivity contribution in [1.82, 2.24) is 9.88 Å². The van der Waals surface area contributed by atoms with Gasteiger partial charge in [0.15, 0.2) is 0 Å². The number of aromatic nitrogens is 1. The van der Waals surface area contributed by atoms with Crippen LogP contribution in [0.25, 0.3) is 10.9 Å². The van der Waals surface area contributed by atoms with E-state index in [2.05, 4.69) is 41.3 Å². The van der Waals surface area contributed by atoms with E-state index in [0.29, 0.717) is 24.7 Å². The van der Waals surface area contributed by atoms with Crippen LogP contribution in [0.15, 0.2) is 24.4 Å². The van der Waals surface area contributed by atoms with Crippen molar-refractivity contribution >= 4 is 16.7 Å². The number of likely N-dealkylation sites (tertiary alicyclic amines) is 1. The van der Waals surface area contributed by atoms with Gasteiger partial charge in [-0.2, -0.15) is 0 Å². The fraction of sp³-hybridized carbons (Fsp3) is 0.526. The minimum Gasteiger partial charge on any atom is -0.361 e. The number of H-pyrrole nitrogens is 1. The first kappa shape index (κ1) is 15.3. The number of likely N-dealkylation sites (N-methyl/N-ethyl adjacent to an activating group) is 1. The lowest BCUT2D eigenvalue weighted by Gasteiger charge is -2.18. The summed E-state index contributed by atoms with van der Waals surface area (Å²) in [6.45, 7) is 3.16. The van der Waals surface area contributed by atoms with Gasteiger partial charge in [0.2, 0.25) is 0 Å². The van der Waals surface area contributed by atoms with Crippen molar-refractivity contribution in [2.24, 2.45) is 0 Å². The molecule has 0 saturated carbocycles. The molecule has 1 N–H and O–H groups in total. The van der Waals surface area contributed by atoms with Crippen LogP contribution >= 0.6 is 0 Å². The lowest BCUT2D eigenvalue weighted by Crippen LogP contribution is -2.26. The zero-order chi connectivity index (χ0) is 15.5. The van der Waals surface area contributed by atoms with Gasteiger partial charge in [0.05, 0.1) is 0 Å². The zero-order valence-corrected chi connectivity index (χ0v) is 13.7. The number of aryl methyl sites for hydroxylation is 1. The number of benzene rings is 1. The van der Waals surface area contributed by atoms with E-state index in [1.165, 1.54) is 41.4 Å². The number of hydrogen-bond acceptors (Lipinski definition) is 2. The highest BCUT2D eigenvalue weighted by Crippen LogP contribution is 2.25. The molecular formula is C19H26N2O. The Morgan fingerprint density at radius 1 is 1.41 bits per heavy atom. The second kappa shape index (κ2) is 6.66. The van der Waals surface area contributed by atoms with Gasteiger partial charge in [-0.1, -0.05) is 13.0 Å². The minimum atomic E-state index is 0.349. The number of hydrogen-bond donors (Lipinski definition) is 1. The van der Waals surface area contributed by atoms with Gasteiger partial charge in [-0.05, 0) is 62.5 Å². The molecule has 3 heteroatoms. The Balaban J connectivity index is 1.77. The van der Waals surface area contributed by atoms with E-state index in [1.807, 2.05) is 6.92 Å². The van der Waals surface area contributed by atoms with Gasteiger partial charge in [0, 0.05) is 36.0 Å². The predicted octanol–water partition coefficient (Wildman–Crippen LogP) is 3.72. The molecule has 1 aliphatic heterocycles. The van der Waals surface area contributed by atoms with E-state index in [9.17, 15) is 4.79 Å². The highest BCUT2D eigenvalue weighted by Gasteiger charge is 2.22. The Bertz CT molecular complexity index is 658. The van der Waals surface area contributed by atoms with E-state index in [1.54, 1.807) is 0 Å². The van der Waals surface area contributed by atoms with Crippen molar-refractivity contribution in [2.45, 2.75) is 51.5 Å². The number of rotatable bonds is 6. The average Bonchev–Trinajstić information content (AvgIpc) is 3.12. The third-order valence-electron chi connectivity index (χ3n) is 5.05. The summed E-state index contributed by atoms with van der Waals surface area (Å²) in [5, 5.41) is 1.33. The van der Waals surface area contributed by atoms with Crippen molar-refractivity contribution in [3.8, 4) is 0 Å². The number of carbonyl (C=O) groups is 1. The Morgan fingerprint density at radius 3 is 3.00 bits per heavy atom. The molecule has 1 aromatic carbocycles. The molecular weight excluding hydrogens is 272 g/mol. The van der Waals surface area contributed by atoms with Crippen LogP contribution in [0.3, 0.4) is 0 Å². The first-order valence-corrected chi connectivity index (χ1v) is 8.48. The smallest absolute Gasteiger partial charge is 0.132 e. The molecule has 0 amide bonds. The van der Waals surface area contributed by atoms with Crippen molar-refractivity contribution < 1.29 is 4.79 Å². The van der Waals surface area contributed by atoms with Crippen LogP contribution in [0.4, 0.5) is 0 Å². The van der Waals surface area contributed by atoms with Crippen LogP contribution in [0.1, 0.15) is 43.7 Å². The molecule has 1 aliphatic rings. The number of fused-ring (bicyclic) bond motifs is 1. The van der Waals surface area contributed by atoms with E-state index in [0.717, 1.165) is 12.8 Å². The quantitative estimate of drug-likeness (QED) is 0.882. The second-order valence-corrected chi connectivity index (χ2v) is 6.57. The molecule has 1 fully saturated rings. The minimum absolute atomic E-state index is 0.349. The van der Waals surface area contributed by atoms with Crippen LogP contribution < -0.4 is 0 Å². The van der Waals surface area contributed by atoms with Crippen molar-refractivity contribution in [3.05, 3.63) is 35.5 Å². The van der Waals surface area contributed by atoms with E-state index in [-0.39, 0.29) is 0 Å². The zero-order valence-electron chi connectivity index (χ0n) is 13.7. The average molecular weight is 298 g/mol. The fourth-order valence-electron chi connectivity index (χ4n) is 3.50. The molecule has 1 atom stereocenters. The fourth-order valence-corrected chi connectivity index (χ4v) is 3.50. The molecule has 2 aromatic rings. The standard InChI is InChI=1S/C19H26N2O/c1-3-17(22)8-6-14-7-9-19-18(11-14)15(13-20-19)12-16-5-4-10-21(16)2/h7,9,11,13,16,20H,3-6,8,10,12H2,1-2H3/t16-/m1/s1. The Morgan fingerprint density at radius 2 is 2.27 bits per heavy atom. The van der Waals surface area contributed by atoms with Crippen LogP contribution in [-0.2, 0) is 17.6 Å². The topological polar surface area (TPSA) is 36.1 Å². The molecule has 3 nitrogen and oxygen atoms in total. The molecule has 2 heterocycles. The van der Waals surface area contributed by atoms with Crippen molar-refractivity contribution in [3.63, 3.8) is 0 Å². The number of aromatic amines is 1. The highest BCUT2D eigenvalue weighted by molar-refractivity contribution is 5.84. The number of nitrogens with zero attached hydrogens (tertiary/aromatic N) is 1. The molecule has 1 aromatic heterocycles. The SMILES string of the molecule is CCC(=O)CCc1ccc2[nH]cc(C[C@H]3CCCN3C)c2c1. The molecule has 0 spiro atoms.